The molecule has 0 saturated heterocycles. The minimum Gasteiger partial charge on any atom is -0.461 e. The number of nitrogens with one attached hydrogen (secondary N) is 1. The van der Waals surface area contributed by atoms with Gasteiger partial charge in [-0.15, -0.1) is 0 Å². The van der Waals surface area contributed by atoms with E-state index in [1.165, 1.54) is 5.56 Å². The third kappa shape index (κ3) is 2.60. The predicted molar refractivity (Wildman–Crippen MR) is 67.9 cm³/mol. The summed E-state index contributed by atoms with van der Waals surface area (Å²) in [6.07, 6.45) is 0.688. The number of ether oxygens (including phenoxy) is 1. The molecule has 92 valence electrons. The Bertz CT molecular complexity index is 389. The van der Waals surface area contributed by atoms with E-state index in [9.17, 15) is 4.79 Å². The third-order valence-electron chi connectivity index (χ3n) is 3.30. The summed E-state index contributed by atoms with van der Waals surface area (Å²) in [5.74, 6) is 0.199. The van der Waals surface area contributed by atoms with Crippen LogP contribution in [-0.2, 0) is 16.0 Å². The summed E-state index contributed by atoms with van der Waals surface area (Å²) in [5.41, 5.74) is 2.23. The summed E-state index contributed by atoms with van der Waals surface area (Å²) in [7, 11) is 0. The van der Waals surface area contributed by atoms with Gasteiger partial charge in [-0.05, 0) is 24.5 Å². The Morgan fingerprint density at radius 2 is 2.06 bits per heavy atom. The molecule has 0 radical (unpaired) electrons. The molecule has 1 unspecified atom stereocenters. The van der Waals surface area contributed by atoms with Crippen molar-refractivity contribution >= 4 is 11.7 Å². The van der Waals surface area contributed by atoms with E-state index in [2.05, 4.69) is 19.2 Å². The van der Waals surface area contributed by atoms with Crippen LogP contribution in [0.5, 0.6) is 0 Å². The van der Waals surface area contributed by atoms with Crippen LogP contribution in [0.2, 0.25) is 0 Å². The van der Waals surface area contributed by atoms with Crippen molar-refractivity contribution in [3.8, 4) is 0 Å². The molecule has 1 aromatic carbocycles. The SMILES string of the molecule is CC(C)C(C)OC(=O)[C@@H]1Cc2ccccc2N1. The lowest BCUT2D eigenvalue weighted by Gasteiger charge is -2.19. The zero-order valence-corrected chi connectivity index (χ0v) is 10.6. The number of carbonyl (C=O) groups is 1. The summed E-state index contributed by atoms with van der Waals surface area (Å²) in [4.78, 5) is 11.9. The van der Waals surface area contributed by atoms with E-state index in [0.717, 1.165) is 12.1 Å². The Morgan fingerprint density at radius 1 is 1.35 bits per heavy atom. The van der Waals surface area contributed by atoms with E-state index < -0.39 is 0 Å². The van der Waals surface area contributed by atoms with Crippen LogP contribution < -0.4 is 5.32 Å². The van der Waals surface area contributed by atoms with Crippen LogP contribution in [0.25, 0.3) is 0 Å². The summed E-state index contributed by atoms with van der Waals surface area (Å²) in [6.45, 7) is 6.04. The third-order valence-corrected chi connectivity index (χ3v) is 3.30. The summed E-state index contributed by atoms with van der Waals surface area (Å²) in [6, 6.07) is 7.77. The number of carbonyl (C=O) groups excluding carboxylic acids is 1. The van der Waals surface area contributed by atoms with Crippen molar-refractivity contribution in [3.05, 3.63) is 29.8 Å². The molecule has 0 amide bonds. The lowest BCUT2D eigenvalue weighted by atomic mass is 10.1. The second kappa shape index (κ2) is 4.78. The molecule has 2 atom stereocenters. The van der Waals surface area contributed by atoms with E-state index in [0.29, 0.717) is 5.92 Å². The average Bonchev–Trinajstić information content (AvgIpc) is 2.72. The van der Waals surface area contributed by atoms with Gasteiger partial charge in [0.1, 0.15) is 12.1 Å². The first kappa shape index (κ1) is 12.0. The first-order valence-corrected chi connectivity index (χ1v) is 6.13. The summed E-state index contributed by atoms with van der Waals surface area (Å²) in [5, 5.41) is 3.20. The van der Waals surface area contributed by atoms with Gasteiger partial charge in [0.2, 0.25) is 0 Å². The maximum absolute atomic E-state index is 11.9. The van der Waals surface area contributed by atoms with Crippen molar-refractivity contribution in [1.82, 2.24) is 0 Å². The maximum atomic E-state index is 11.9. The summed E-state index contributed by atoms with van der Waals surface area (Å²) < 4.78 is 5.43. The van der Waals surface area contributed by atoms with E-state index in [1.54, 1.807) is 0 Å². The molecule has 17 heavy (non-hydrogen) atoms. The molecule has 1 aliphatic heterocycles. The number of hydrogen-bond donors (Lipinski definition) is 1. The molecule has 0 fully saturated rings. The molecular formula is C14H19NO2. The van der Waals surface area contributed by atoms with Crippen molar-refractivity contribution in [1.29, 1.82) is 0 Å². The minimum absolute atomic E-state index is 0.0342. The summed E-state index contributed by atoms with van der Waals surface area (Å²) >= 11 is 0. The molecule has 3 heteroatoms. The standard InChI is InChI=1S/C14H19NO2/c1-9(2)10(3)17-14(16)13-8-11-6-4-5-7-12(11)15-13/h4-7,9-10,13,15H,8H2,1-3H3/t10?,13-/m0/s1. The van der Waals surface area contributed by atoms with Crippen LogP contribution in [-0.4, -0.2) is 18.1 Å². The molecule has 0 aromatic heterocycles. The number of anilines is 1. The second-order valence-electron chi connectivity index (χ2n) is 4.94. The Hall–Kier alpha value is -1.51. The van der Waals surface area contributed by atoms with Gasteiger partial charge in [-0.3, -0.25) is 0 Å². The van der Waals surface area contributed by atoms with Crippen LogP contribution in [0.4, 0.5) is 5.69 Å². The van der Waals surface area contributed by atoms with Gasteiger partial charge in [0.05, 0.1) is 0 Å². The number of para-hydroxylation sites is 1. The van der Waals surface area contributed by atoms with Crippen molar-refractivity contribution in [2.24, 2.45) is 5.92 Å². The number of hydrogen-bond acceptors (Lipinski definition) is 3. The lowest BCUT2D eigenvalue weighted by Crippen LogP contribution is -2.33. The fraction of sp³-hybridized carbons (Fsp3) is 0.500. The normalized spacial score (nSPS) is 19.6. The van der Waals surface area contributed by atoms with Crippen LogP contribution in [0.1, 0.15) is 26.3 Å². The van der Waals surface area contributed by atoms with Crippen molar-refractivity contribution in [2.75, 3.05) is 5.32 Å². The van der Waals surface area contributed by atoms with E-state index in [-0.39, 0.29) is 18.1 Å². The van der Waals surface area contributed by atoms with Gasteiger partial charge in [0.25, 0.3) is 0 Å². The molecule has 3 nitrogen and oxygen atoms in total. The number of benzene rings is 1. The molecule has 1 aliphatic rings. The van der Waals surface area contributed by atoms with Gasteiger partial charge in [0.15, 0.2) is 0 Å². The van der Waals surface area contributed by atoms with Crippen molar-refractivity contribution in [3.63, 3.8) is 0 Å². The number of fused-ring (bicyclic) bond motifs is 1. The highest BCUT2D eigenvalue weighted by atomic mass is 16.5. The van der Waals surface area contributed by atoms with Crippen molar-refractivity contribution < 1.29 is 9.53 Å². The Balaban J connectivity index is 1.97. The minimum atomic E-state index is -0.228. The van der Waals surface area contributed by atoms with E-state index in [4.69, 9.17) is 4.74 Å². The van der Waals surface area contributed by atoms with Gasteiger partial charge < -0.3 is 10.1 Å². The molecule has 1 N–H and O–H groups in total. The molecule has 0 aliphatic carbocycles. The zero-order valence-electron chi connectivity index (χ0n) is 10.6. The molecule has 1 heterocycles. The van der Waals surface area contributed by atoms with Gasteiger partial charge in [-0.25, -0.2) is 4.79 Å². The molecule has 2 rings (SSSR count). The van der Waals surface area contributed by atoms with Gasteiger partial charge in [-0.2, -0.15) is 0 Å². The van der Waals surface area contributed by atoms with Gasteiger partial charge in [0, 0.05) is 12.1 Å². The molecule has 0 bridgehead atoms. The average molecular weight is 233 g/mol. The predicted octanol–water partition coefficient (Wildman–Crippen LogP) is 2.61. The monoisotopic (exact) mass is 233 g/mol. The molecule has 0 saturated carbocycles. The largest absolute Gasteiger partial charge is 0.461 e. The van der Waals surface area contributed by atoms with E-state index >= 15 is 0 Å². The van der Waals surface area contributed by atoms with Crippen LogP contribution in [0.3, 0.4) is 0 Å². The molecular weight excluding hydrogens is 214 g/mol. The van der Waals surface area contributed by atoms with Crippen LogP contribution >= 0.6 is 0 Å². The number of rotatable bonds is 3. The lowest BCUT2D eigenvalue weighted by molar-refractivity contribution is -0.151. The van der Waals surface area contributed by atoms with Crippen LogP contribution in [0, 0.1) is 5.92 Å². The fourth-order valence-corrected chi connectivity index (χ4v) is 1.84. The first-order valence-electron chi connectivity index (χ1n) is 6.13. The Morgan fingerprint density at radius 3 is 2.71 bits per heavy atom. The number of esters is 1. The Labute approximate surface area is 102 Å². The maximum Gasteiger partial charge on any atom is 0.329 e. The smallest absolute Gasteiger partial charge is 0.329 e. The highest BCUT2D eigenvalue weighted by Gasteiger charge is 2.29. The van der Waals surface area contributed by atoms with E-state index in [1.807, 2.05) is 31.2 Å². The quantitative estimate of drug-likeness (QED) is 0.816. The topological polar surface area (TPSA) is 38.3 Å². The second-order valence-corrected chi connectivity index (χ2v) is 4.94. The van der Waals surface area contributed by atoms with Crippen LogP contribution in [0.15, 0.2) is 24.3 Å². The first-order chi connectivity index (χ1) is 8.08. The van der Waals surface area contributed by atoms with Gasteiger partial charge in [-0.1, -0.05) is 32.0 Å². The van der Waals surface area contributed by atoms with Gasteiger partial charge >= 0.3 is 5.97 Å². The highest BCUT2D eigenvalue weighted by Crippen LogP contribution is 2.26. The molecule has 0 spiro atoms. The van der Waals surface area contributed by atoms with Crippen molar-refractivity contribution in [2.45, 2.75) is 39.3 Å². The fourth-order valence-electron chi connectivity index (χ4n) is 1.84. The Kier molecular flexibility index (Phi) is 3.36. The highest BCUT2D eigenvalue weighted by molar-refractivity contribution is 5.83. The molecule has 1 aromatic rings. The zero-order chi connectivity index (χ0) is 12.4.